The van der Waals surface area contributed by atoms with E-state index in [1.54, 1.807) is 0 Å². The van der Waals surface area contributed by atoms with Gasteiger partial charge in [0.2, 0.25) is 0 Å². The first-order chi connectivity index (χ1) is 6.39. The molecule has 0 unspecified atom stereocenters. The molecule has 13 heavy (non-hydrogen) atoms. The third kappa shape index (κ3) is 5.81. The standard InChI is InChI=1S/C11H20O2/c12-11-8-6-4-2-1-3-5-7-9-13-10-11/h1-10H2. The van der Waals surface area contributed by atoms with Crippen LogP contribution in [0.2, 0.25) is 0 Å². The molecule has 1 aliphatic heterocycles. The summed E-state index contributed by atoms with van der Waals surface area (Å²) in [5.41, 5.74) is 0. The van der Waals surface area contributed by atoms with Gasteiger partial charge in [-0.15, -0.1) is 0 Å². The van der Waals surface area contributed by atoms with Crippen molar-refractivity contribution in [3.63, 3.8) is 0 Å². The molecule has 0 aromatic rings. The van der Waals surface area contributed by atoms with Crippen LogP contribution in [0.15, 0.2) is 0 Å². The van der Waals surface area contributed by atoms with Gasteiger partial charge >= 0.3 is 0 Å². The smallest absolute Gasteiger partial charge is 0.158 e. The summed E-state index contributed by atoms with van der Waals surface area (Å²) in [6, 6.07) is 0. The van der Waals surface area contributed by atoms with E-state index in [-0.39, 0.29) is 5.78 Å². The maximum Gasteiger partial charge on any atom is 0.158 e. The van der Waals surface area contributed by atoms with Crippen LogP contribution in [-0.2, 0) is 9.53 Å². The van der Waals surface area contributed by atoms with Gasteiger partial charge in [-0.25, -0.2) is 0 Å². The number of carbonyl (C=O) groups is 1. The molecule has 0 saturated carbocycles. The first-order valence-electron chi connectivity index (χ1n) is 5.49. The van der Waals surface area contributed by atoms with Crippen molar-refractivity contribution in [1.82, 2.24) is 0 Å². The van der Waals surface area contributed by atoms with Crippen LogP contribution in [0.1, 0.15) is 51.4 Å². The highest BCUT2D eigenvalue weighted by Crippen LogP contribution is 2.10. The Bertz CT molecular complexity index is 129. The molecular formula is C11H20O2. The van der Waals surface area contributed by atoms with Crippen LogP contribution in [0.5, 0.6) is 0 Å². The topological polar surface area (TPSA) is 26.3 Å². The monoisotopic (exact) mass is 184 g/mol. The van der Waals surface area contributed by atoms with Gasteiger partial charge in [0.05, 0.1) is 0 Å². The van der Waals surface area contributed by atoms with Gasteiger partial charge in [0.1, 0.15) is 6.61 Å². The molecule has 0 N–H and O–H groups in total. The third-order valence-electron chi connectivity index (χ3n) is 2.51. The Kier molecular flexibility index (Phi) is 5.83. The largest absolute Gasteiger partial charge is 0.374 e. The van der Waals surface area contributed by atoms with Crippen LogP contribution in [0.3, 0.4) is 0 Å². The van der Waals surface area contributed by atoms with E-state index in [0.717, 1.165) is 25.9 Å². The number of ketones is 1. The normalized spacial score (nSPS) is 23.2. The van der Waals surface area contributed by atoms with Gasteiger partial charge in [0, 0.05) is 13.0 Å². The number of ether oxygens (including phenoxy) is 1. The zero-order valence-corrected chi connectivity index (χ0v) is 8.39. The predicted molar refractivity (Wildman–Crippen MR) is 52.8 cm³/mol. The molecule has 1 heterocycles. The van der Waals surface area contributed by atoms with Crippen molar-refractivity contribution in [2.24, 2.45) is 0 Å². The lowest BCUT2D eigenvalue weighted by atomic mass is 10.1. The zero-order chi connectivity index (χ0) is 9.36. The van der Waals surface area contributed by atoms with Crippen LogP contribution in [0.25, 0.3) is 0 Å². The van der Waals surface area contributed by atoms with Crippen molar-refractivity contribution in [2.75, 3.05) is 13.2 Å². The number of hydrogen-bond acceptors (Lipinski definition) is 2. The summed E-state index contributed by atoms with van der Waals surface area (Å²) in [7, 11) is 0. The van der Waals surface area contributed by atoms with Gasteiger partial charge in [-0.2, -0.15) is 0 Å². The maximum atomic E-state index is 11.2. The first-order valence-corrected chi connectivity index (χ1v) is 5.49. The third-order valence-corrected chi connectivity index (χ3v) is 2.51. The summed E-state index contributed by atoms with van der Waals surface area (Å²) in [6.45, 7) is 1.12. The minimum absolute atomic E-state index is 0.278. The quantitative estimate of drug-likeness (QED) is 0.578. The number of carbonyl (C=O) groups excluding carboxylic acids is 1. The lowest BCUT2D eigenvalue weighted by Crippen LogP contribution is -2.09. The van der Waals surface area contributed by atoms with E-state index in [9.17, 15) is 4.79 Å². The van der Waals surface area contributed by atoms with Gasteiger partial charge in [-0.05, 0) is 12.8 Å². The zero-order valence-electron chi connectivity index (χ0n) is 8.39. The fraction of sp³-hybridized carbons (Fsp3) is 0.909. The molecule has 2 heteroatoms. The summed E-state index contributed by atoms with van der Waals surface area (Å²) in [6.07, 6.45) is 9.33. The Hall–Kier alpha value is -0.370. The highest BCUT2D eigenvalue weighted by atomic mass is 16.5. The summed E-state index contributed by atoms with van der Waals surface area (Å²) in [5.74, 6) is 0.278. The minimum Gasteiger partial charge on any atom is -0.374 e. The highest BCUT2D eigenvalue weighted by Gasteiger charge is 2.03. The molecule has 1 aliphatic rings. The van der Waals surface area contributed by atoms with Gasteiger partial charge in [0.15, 0.2) is 5.78 Å². The van der Waals surface area contributed by atoms with Crippen molar-refractivity contribution < 1.29 is 9.53 Å². The Morgan fingerprint density at radius 2 is 1.46 bits per heavy atom. The number of hydrogen-bond donors (Lipinski definition) is 0. The second-order valence-electron chi connectivity index (χ2n) is 3.82. The molecule has 0 amide bonds. The van der Waals surface area contributed by atoms with Gasteiger partial charge in [0.25, 0.3) is 0 Å². The molecule has 0 aromatic heterocycles. The molecule has 76 valence electrons. The molecular weight excluding hydrogens is 164 g/mol. The van der Waals surface area contributed by atoms with E-state index >= 15 is 0 Å². The Labute approximate surface area is 80.7 Å². The number of Topliss-reactive ketones (excluding diaryl/α,β-unsaturated/α-hetero) is 1. The lowest BCUT2D eigenvalue weighted by molar-refractivity contribution is -0.123. The Balaban J connectivity index is 2.14. The summed E-state index contributed by atoms with van der Waals surface area (Å²) in [4.78, 5) is 11.2. The molecule has 1 fully saturated rings. The van der Waals surface area contributed by atoms with Gasteiger partial charge in [-0.3, -0.25) is 4.79 Å². The van der Waals surface area contributed by atoms with Crippen LogP contribution in [-0.4, -0.2) is 19.0 Å². The minimum atomic E-state index is 0.278. The second-order valence-corrected chi connectivity index (χ2v) is 3.82. The van der Waals surface area contributed by atoms with E-state index in [2.05, 4.69) is 0 Å². The van der Waals surface area contributed by atoms with Crippen molar-refractivity contribution in [3.05, 3.63) is 0 Å². The fourth-order valence-electron chi connectivity index (χ4n) is 1.67. The van der Waals surface area contributed by atoms with Gasteiger partial charge in [-0.1, -0.05) is 32.1 Å². The average Bonchev–Trinajstić information content (AvgIpc) is 2.11. The van der Waals surface area contributed by atoms with Crippen LogP contribution in [0, 0.1) is 0 Å². The van der Waals surface area contributed by atoms with Crippen LogP contribution >= 0.6 is 0 Å². The number of rotatable bonds is 0. The first kappa shape index (κ1) is 10.7. The summed E-state index contributed by atoms with van der Waals surface area (Å²) < 4.78 is 5.27. The van der Waals surface area contributed by atoms with Crippen molar-refractivity contribution in [2.45, 2.75) is 51.4 Å². The molecule has 0 radical (unpaired) electrons. The lowest BCUT2D eigenvalue weighted by Gasteiger charge is -2.06. The predicted octanol–water partition coefficient (Wildman–Crippen LogP) is 2.71. The molecule has 0 spiro atoms. The Morgan fingerprint density at radius 1 is 0.846 bits per heavy atom. The van der Waals surface area contributed by atoms with Crippen molar-refractivity contribution >= 4 is 5.78 Å². The summed E-state index contributed by atoms with van der Waals surface area (Å²) in [5, 5.41) is 0. The molecule has 0 atom stereocenters. The Morgan fingerprint density at radius 3 is 2.23 bits per heavy atom. The van der Waals surface area contributed by atoms with E-state index in [1.807, 2.05) is 0 Å². The summed E-state index contributed by atoms with van der Waals surface area (Å²) >= 11 is 0. The van der Waals surface area contributed by atoms with E-state index in [1.165, 1.54) is 32.1 Å². The molecule has 0 aromatic carbocycles. The second kappa shape index (κ2) is 7.07. The van der Waals surface area contributed by atoms with Crippen LogP contribution in [0.4, 0.5) is 0 Å². The average molecular weight is 184 g/mol. The van der Waals surface area contributed by atoms with Crippen LogP contribution < -0.4 is 0 Å². The SMILES string of the molecule is O=C1CCCCCCCCCOC1. The highest BCUT2D eigenvalue weighted by molar-refractivity contribution is 5.79. The molecule has 2 nitrogen and oxygen atoms in total. The molecule has 0 bridgehead atoms. The van der Waals surface area contributed by atoms with Crippen molar-refractivity contribution in [3.8, 4) is 0 Å². The molecule has 1 saturated heterocycles. The van der Waals surface area contributed by atoms with E-state index < -0.39 is 0 Å². The molecule has 0 aliphatic carbocycles. The van der Waals surface area contributed by atoms with E-state index in [0.29, 0.717) is 6.61 Å². The van der Waals surface area contributed by atoms with Crippen molar-refractivity contribution in [1.29, 1.82) is 0 Å². The molecule has 1 rings (SSSR count). The van der Waals surface area contributed by atoms with E-state index in [4.69, 9.17) is 4.74 Å². The van der Waals surface area contributed by atoms with Gasteiger partial charge < -0.3 is 4.74 Å². The fourth-order valence-corrected chi connectivity index (χ4v) is 1.67. The maximum absolute atomic E-state index is 11.2.